The standard InChI is InChI=1S/C31H36N2O/c1-20-7-10-23(13-14-26(20)28-16-32-30-6-4-3-5-27(30)21(28)2)31(34)15-24-11-12-25-18-33(19-29(24)25)17-22-8-9-22/h3-7,10-11,13,16,22,25,27,29-30H,8-9,12,14-15,17-19H2,1-2H3. The summed E-state index contributed by atoms with van der Waals surface area (Å²) < 4.78 is 0. The van der Waals surface area contributed by atoms with Crippen molar-refractivity contribution in [3.8, 4) is 0 Å². The minimum atomic E-state index is 0.225. The Morgan fingerprint density at radius 1 is 1.09 bits per heavy atom. The van der Waals surface area contributed by atoms with Gasteiger partial charge in [-0.25, -0.2) is 0 Å². The molecule has 6 rings (SSSR count). The first-order valence-electron chi connectivity index (χ1n) is 13.2. The summed E-state index contributed by atoms with van der Waals surface area (Å²) in [6, 6.07) is 0.225. The highest BCUT2D eigenvalue weighted by molar-refractivity contribution is 6.00. The van der Waals surface area contributed by atoms with Crippen molar-refractivity contribution < 1.29 is 4.79 Å². The Balaban J connectivity index is 1.14. The molecule has 2 aliphatic heterocycles. The fourth-order valence-electron chi connectivity index (χ4n) is 6.56. The molecule has 2 heterocycles. The third-order valence-corrected chi connectivity index (χ3v) is 8.82. The molecule has 0 aromatic rings. The van der Waals surface area contributed by atoms with Gasteiger partial charge in [-0.3, -0.25) is 9.79 Å². The number of carbonyl (C=O) groups excluding carboxylic acids is 1. The summed E-state index contributed by atoms with van der Waals surface area (Å²) in [5.41, 5.74) is 7.43. The maximum absolute atomic E-state index is 13.4. The lowest BCUT2D eigenvalue weighted by Gasteiger charge is -2.28. The van der Waals surface area contributed by atoms with E-state index in [0.29, 0.717) is 18.3 Å². The van der Waals surface area contributed by atoms with Crippen LogP contribution >= 0.6 is 0 Å². The summed E-state index contributed by atoms with van der Waals surface area (Å²) in [5, 5.41) is 0. The highest BCUT2D eigenvalue weighted by Gasteiger charge is 2.40. The Bertz CT molecular complexity index is 1130. The van der Waals surface area contributed by atoms with Gasteiger partial charge in [0.2, 0.25) is 0 Å². The summed E-state index contributed by atoms with van der Waals surface area (Å²) in [7, 11) is 0. The summed E-state index contributed by atoms with van der Waals surface area (Å²) in [6.07, 6.45) is 24.8. The highest BCUT2D eigenvalue weighted by Crippen LogP contribution is 2.42. The molecular weight excluding hydrogens is 416 g/mol. The third kappa shape index (κ3) is 4.20. The van der Waals surface area contributed by atoms with Crippen molar-refractivity contribution in [2.24, 2.45) is 28.7 Å². The van der Waals surface area contributed by atoms with Gasteiger partial charge in [0.15, 0.2) is 5.78 Å². The van der Waals surface area contributed by atoms with E-state index in [1.807, 2.05) is 6.08 Å². The van der Waals surface area contributed by atoms with Gasteiger partial charge < -0.3 is 4.90 Å². The molecule has 0 radical (unpaired) electrons. The molecule has 4 aliphatic carbocycles. The Labute approximate surface area is 204 Å². The number of hydrogen-bond acceptors (Lipinski definition) is 3. The Morgan fingerprint density at radius 2 is 1.94 bits per heavy atom. The Morgan fingerprint density at radius 3 is 2.79 bits per heavy atom. The first-order valence-corrected chi connectivity index (χ1v) is 13.2. The highest BCUT2D eigenvalue weighted by atomic mass is 16.1. The molecule has 0 amide bonds. The number of aliphatic imine (C=N–C) groups is 1. The maximum atomic E-state index is 13.4. The van der Waals surface area contributed by atoms with Crippen LogP contribution in [0.3, 0.4) is 0 Å². The van der Waals surface area contributed by atoms with E-state index in [4.69, 9.17) is 4.99 Å². The molecule has 1 saturated heterocycles. The first kappa shape index (κ1) is 22.0. The quantitative estimate of drug-likeness (QED) is 0.467. The summed E-state index contributed by atoms with van der Waals surface area (Å²) in [4.78, 5) is 20.9. The molecule has 0 N–H and O–H groups in total. The van der Waals surface area contributed by atoms with Crippen LogP contribution in [0.15, 0.2) is 87.0 Å². The Kier molecular flexibility index (Phi) is 5.77. The van der Waals surface area contributed by atoms with Gasteiger partial charge in [0.25, 0.3) is 0 Å². The van der Waals surface area contributed by atoms with Gasteiger partial charge in [0, 0.05) is 43.8 Å². The number of likely N-dealkylation sites (tertiary alicyclic amines) is 1. The van der Waals surface area contributed by atoms with Gasteiger partial charge in [-0.15, -0.1) is 0 Å². The lowest BCUT2D eigenvalue weighted by Crippen LogP contribution is -2.24. The molecule has 3 heteroatoms. The monoisotopic (exact) mass is 452 g/mol. The van der Waals surface area contributed by atoms with E-state index in [1.165, 1.54) is 60.3 Å². The topological polar surface area (TPSA) is 32.7 Å². The number of allylic oxidation sites excluding steroid dienone is 10. The second-order valence-corrected chi connectivity index (χ2v) is 11.2. The molecule has 34 heavy (non-hydrogen) atoms. The number of fused-ring (bicyclic) bond motifs is 2. The maximum Gasteiger partial charge on any atom is 0.166 e. The van der Waals surface area contributed by atoms with E-state index >= 15 is 0 Å². The van der Waals surface area contributed by atoms with Crippen molar-refractivity contribution in [2.75, 3.05) is 19.6 Å². The number of carbonyl (C=O) groups is 1. The average molecular weight is 453 g/mol. The molecule has 2 fully saturated rings. The van der Waals surface area contributed by atoms with Gasteiger partial charge in [-0.2, -0.15) is 0 Å². The molecule has 4 unspecified atom stereocenters. The Hall–Kier alpha value is -2.52. The molecule has 0 aromatic carbocycles. The molecule has 0 aromatic heterocycles. The van der Waals surface area contributed by atoms with Crippen LogP contribution in [0.5, 0.6) is 0 Å². The minimum absolute atomic E-state index is 0.225. The van der Waals surface area contributed by atoms with E-state index < -0.39 is 0 Å². The smallest absolute Gasteiger partial charge is 0.166 e. The van der Waals surface area contributed by atoms with Crippen molar-refractivity contribution in [1.29, 1.82) is 0 Å². The number of hydrogen-bond donors (Lipinski definition) is 0. The second kappa shape index (κ2) is 8.92. The number of nitrogens with zero attached hydrogens (tertiary/aromatic N) is 2. The molecule has 0 bridgehead atoms. The van der Waals surface area contributed by atoms with Crippen molar-refractivity contribution >= 4 is 12.0 Å². The van der Waals surface area contributed by atoms with Crippen LogP contribution in [0.4, 0.5) is 0 Å². The van der Waals surface area contributed by atoms with Crippen LogP contribution in [0, 0.1) is 23.7 Å². The second-order valence-electron chi connectivity index (χ2n) is 11.2. The molecule has 6 aliphatic rings. The van der Waals surface area contributed by atoms with Crippen LogP contribution in [0.2, 0.25) is 0 Å². The predicted molar refractivity (Wildman–Crippen MR) is 140 cm³/mol. The summed E-state index contributed by atoms with van der Waals surface area (Å²) in [5.74, 6) is 2.91. The normalized spacial score (nSPS) is 32.6. The van der Waals surface area contributed by atoms with E-state index in [9.17, 15) is 4.79 Å². The van der Waals surface area contributed by atoms with Crippen molar-refractivity contribution in [3.05, 3.63) is 82.0 Å². The first-order chi connectivity index (χ1) is 16.6. The summed E-state index contributed by atoms with van der Waals surface area (Å²) in [6.45, 7) is 8.08. The van der Waals surface area contributed by atoms with Crippen LogP contribution in [0.1, 0.15) is 46.0 Å². The number of Topliss-reactive ketones (excluding diaryl/α,β-unsaturated/α-hetero) is 1. The van der Waals surface area contributed by atoms with Crippen LogP contribution in [-0.2, 0) is 4.79 Å². The van der Waals surface area contributed by atoms with Gasteiger partial charge in [0.1, 0.15) is 0 Å². The zero-order chi connectivity index (χ0) is 23.2. The molecular formula is C31H36N2O. The minimum Gasteiger partial charge on any atom is -0.302 e. The van der Waals surface area contributed by atoms with Crippen LogP contribution in [0.25, 0.3) is 0 Å². The molecule has 1 saturated carbocycles. The zero-order valence-electron chi connectivity index (χ0n) is 20.5. The van der Waals surface area contributed by atoms with E-state index in [-0.39, 0.29) is 11.8 Å². The van der Waals surface area contributed by atoms with Gasteiger partial charge in [-0.1, -0.05) is 59.8 Å². The largest absolute Gasteiger partial charge is 0.302 e. The third-order valence-electron chi connectivity index (χ3n) is 8.82. The number of dihydropyridines is 1. The van der Waals surface area contributed by atoms with Crippen molar-refractivity contribution in [1.82, 2.24) is 4.90 Å². The van der Waals surface area contributed by atoms with Gasteiger partial charge in [0.05, 0.1) is 6.04 Å². The SMILES string of the molecule is CC1=C(C2=C(C)C3C=CC=CC3N=C2)CC=C(C(=O)CC2=CCC3CN(CC4CC4)CC23)C=C1. The van der Waals surface area contributed by atoms with E-state index in [2.05, 4.69) is 67.5 Å². The zero-order valence-corrected chi connectivity index (χ0v) is 20.5. The molecule has 4 atom stereocenters. The van der Waals surface area contributed by atoms with Crippen molar-refractivity contribution in [3.63, 3.8) is 0 Å². The molecule has 3 nitrogen and oxygen atoms in total. The summed E-state index contributed by atoms with van der Waals surface area (Å²) >= 11 is 0. The fraction of sp³-hybridized carbons (Fsp3) is 0.484. The van der Waals surface area contributed by atoms with Crippen LogP contribution < -0.4 is 0 Å². The van der Waals surface area contributed by atoms with E-state index in [1.54, 1.807) is 0 Å². The molecule has 176 valence electrons. The van der Waals surface area contributed by atoms with Crippen LogP contribution in [-0.4, -0.2) is 42.6 Å². The lowest BCUT2D eigenvalue weighted by atomic mass is 9.81. The number of rotatable bonds is 6. The predicted octanol–water partition coefficient (Wildman–Crippen LogP) is 5.95. The van der Waals surface area contributed by atoms with Gasteiger partial charge >= 0.3 is 0 Å². The van der Waals surface area contributed by atoms with E-state index in [0.717, 1.165) is 30.3 Å². The lowest BCUT2D eigenvalue weighted by molar-refractivity contribution is -0.114. The van der Waals surface area contributed by atoms with Crippen molar-refractivity contribution in [2.45, 2.75) is 52.0 Å². The average Bonchev–Trinajstić information content (AvgIpc) is 3.50. The molecule has 0 spiro atoms. The number of ketones is 1. The van der Waals surface area contributed by atoms with Gasteiger partial charge in [-0.05, 0) is 74.0 Å². The fourth-order valence-corrected chi connectivity index (χ4v) is 6.56.